The van der Waals surface area contributed by atoms with Gasteiger partial charge in [0.2, 0.25) is 5.91 Å². The predicted molar refractivity (Wildman–Crippen MR) is 88.3 cm³/mol. The van der Waals surface area contributed by atoms with Crippen molar-refractivity contribution in [3.63, 3.8) is 0 Å². The van der Waals surface area contributed by atoms with Crippen molar-refractivity contribution in [2.45, 2.75) is 33.2 Å². The summed E-state index contributed by atoms with van der Waals surface area (Å²) in [7, 11) is 1.91. The number of rotatable bonds is 5. The van der Waals surface area contributed by atoms with Gasteiger partial charge in [-0.15, -0.1) is 0 Å². The van der Waals surface area contributed by atoms with Crippen LogP contribution in [0.5, 0.6) is 0 Å². The molecular formula is C17H22N4O2. The zero-order valence-corrected chi connectivity index (χ0v) is 13.9. The molecule has 0 fully saturated rings. The lowest BCUT2D eigenvalue weighted by atomic mass is 10.0. The van der Waals surface area contributed by atoms with Crippen molar-refractivity contribution in [2.75, 3.05) is 0 Å². The third-order valence-corrected chi connectivity index (χ3v) is 3.96. The lowest BCUT2D eigenvalue weighted by Gasteiger charge is -2.14. The number of aryl methyl sites for hydroxylation is 2. The minimum atomic E-state index is -0.547. The summed E-state index contributed by atoms with van der Waals surface area (Å²) in [6.45, 7) is 5.93. The molecule has 2 rings (SSSR count). The molecule has 1 atom stereocenters. The van der Waals surface area contributed by atoms with Crippen LogP contribution in [0.2, 0.25) is 0 Å². The molecule has 1 heterocycles. The Hall–Kier alpha value is -2.63. The summed E-state index contributed by atoms with van der Waals surface area (Å²) in [5.74, 6) is -0.769. The summed E-state index contributed by atoms with van der Waals surface area (Å²) in [5, 5.41) is 7.33. The molecule has 1 unspecified atom stereocenters. The molecule has 2 aromatic rings. The summed E-state index contributed by atoms with van der Waals surface area (Å²) >= 11 is 0. The van der Waals surface area contributed by atoms with Crippen LogP contribution in [0.4, 0.5) is 0 Å². The lowest BCUT2D eigenvalue weighted by Crippen LogP contribution is -2.34. The topological polar surface area (TPSA) is 90.0 Å². The highest BCUT2D eigenvalue weighted by molar-refractivity contribution is 5.99. The second-order valence-electron chi connectivity index (χ2n) is 5.80. The molecule has 0 saturated heterocycles. The standard InChI is InChI=1S/C17H22N4O2/c1-10(8-15-11(2)20-21(4)12(15)3)19-17(23)14-7-5-6-13(9-14)16(18)22/h5-7,9-10H,8H2,1-4H3,(H2,18,22)(H,19,23). The zero-order chi connectivity index (χ0) is 17.1. The maximum Gasteiger partial charge on any atom is 0.251 e. The van der Waals surface area contributed by atoms with Gasteiger partial charge in [-0.3, -0.25) is 14.3 Å². The molecule has 6 heteroatoms. The SMILES string of the molecule is Cc1nn(C)c(C)c1CC(C)NC(=O)c1cccc(C(N)=O)c1. The molecule has 0 aliphatic rings. The second kappa shape index (κ2) is 6.64. The molecule has 3 N–H and O–H groups in total. The van der Waals surface area contributed by atoms with E-state index in [2.05, 4.69) is 10.4 Å². The van der Waals surface area contributed by atoms with Gasteiger partial charge in [0.25, 0.3) is 5.91 Å². The summed E-state index contributed by atoms with van der Waals surface area (Å²) in [6.07, 6.45) is 0.701. The van der Waals surface area contributed by atoms with Gasteiger partial charge in [-0.2, -0.15) is 5.10 Å². The summed E-state index contributed by atoms with van der Waals surface area (Å²) in [5.41, 5.74) is 9.20. The van der Waals surface area contributed by atoms with E-state index in [1.54, 1.807) is 18.2 Å². The number of nitrogens with one attached hydrogen (secondary N) is 1. The van der Waals surface area contributed by atoms with Crippen molar-refractivity contribution in [3.05, 3.63) is 52.3 Å². The Morgan fingerprint density at radius 1 is 1.30 bits per heavy atom. The van der Waals surface area contributed by atoms with Crippen molar-refractivity contribution in [2.24, 2.45) is 12.8 Å². The van der Waals surface area contributed by atoms with Gasteiger partial charge >= 0.3 is 0 Å². The van der Waals surface area contributed by atoms with Crippen LogP contribution in [0, 0.1) is 13.8 Å². The third kappa shape index (κ3) is 3.77. The van der Waals surface area contributed by atoms with Crippen LogP contribution in [0.3, 0.4) is 0 Å². The number of hydrogen-bond acceptors (Lipinski definition) is 3. The third-order valence-electron chi connectivity index (χ3n) is 3.96. The van der Waals surface area contributed by atoms with Crippen LogP contribution in [0.15, 0.2) is 24.3 Å². The first-order valence-corrected chi connectivity index (χ1v) is 7.49. The fourth-order valence-corrected chi connectivity index (χ4v) is 2.59. The van der Waals surface area contributed by atoms with E-state index in [0.717, 1.165) is 17.0 Å². The van der Waals surface area contributed by atoms with Crippen molar-refractivity contribution in [1.29, 1.82) is 0 Å². The van der Waals surface area contributed by atoms with Gasteiger partial charge in [0.05, 0.1) is 5.69 Å². The highest BCUT2D eigenvalue weighted by atomic mass is 16.2. The number of carbonyl (C=O) groups excluding carboxylic acids is 2. The average Bonchev–Trinajstić information content (AvgIpc) is 2.73. The Morgan fingerprint density at radius 3 is 2.52 bits per heavy atom. The Labute approximate surface area is 135 Å². The number of hydrogen-bond donors (Lipinski definition) is 2. The van der Waals surface area contributed by atoms with E-state index in [9.17, 15) is 9.59 Å². The van der Waals surface area contributed by atoms with Crippen molar-refractivity contribution < 1.29 is 9.59 Å². The van der Waals surface area contributed by atoms with Crippen LogP contribution >= 0.6 is 0 Å². The Kier molecular flexibility index (Phi) is 4.83. The van der Waals surface area contributed by atoms with E-state index in [4.69, 9.17) is 5.73 Å². The summed E-state index contributed by atoms with van der Waals surface area (Å²) in [4.78, 5) is 23.5. The number of carbonyl (C=O) groups is 2. The molecular weight excluding hydrogens is 292 g/mol. The largest absolute Gasteiger partial charge is 0.366 e. The highest BCUT2D eigenvalue weighted by Crippen LogP contribution is 2.14. The molecule has 122 valence electrons. The normalized spacial score (nSPS) is 12.0. The molecule has 23 heavy (non-hydrogen) atoms. The van der Waals surface area contributed by atoms with E-state index in [1.165, 1.54) is 6.07 Å². The number of amides is 2. The number of primary amides is 1. The minimum Gasteiger partial charge on any atom is -0.366 e. The number of benzene rings is 1. The second-order valence-corrected chi connectivity index (χ2v) is 5.80. The molecule has 0 bridgehead atoms. The lowest BCUT2D eigenvalue weighted by molar-refractivity contribution is 0.0940. The van der Waals surface area contributed by atoms with Crippen LogP contribution < -0.4 is 11.1 Å². The first-order chi connectivity index (χ1) is 10.8. The highest BCUT2D eigenvalue weighted by Gasteiger charge is 2.16. The quantitative estimate of drug-likeness (QED) is 0.876. The van der Waals surface area contributed by atoms with Gasteiger partial charge in [0, 0.05) is 29.9 Å². The number of nitrogens with two attached hydrogens (primary N) is 1. The molecule has 2 amide bonds. The first-order valence-electron chi connectivity index (χ1n) is 7.49. The average molecular weight is 314 g/mol. The van der Waals surface area contributed by atoms with Gasteiger partial charge in [0.1, 0.15) is 0 Å². The van der Waals surface area contributed by atoms with Crippen LogP contribution in [-0.2, 0) is 13.5 Å². The molecule has 0 spiro atoms. The molecule has 1 aromatic carbocycles. The van der Waals surface area contributed by atoms with E-state index in [-0.39, 0.29) is 11.9 Å². The smallest absolute Gasteiger partial charge is 0.251 e. The zero-order valence-electron chi connectivity index (χ0n) is 13.9. The molecule has 0 aliphatic carbocycles. The number of aromatic nitrogens is 2. The fraction of sp³-hybridized carbons (Fsp3) is 0.353. The van der Waals surface area contributed by atoms with E-state index in [1.807, 2.05) is 32.5 Å². The molecule has 0 radical (unpaired) electrons. The maximum absolute atomic E-state index is 12.3. The van der Waals surface area contributed by atoms with Gasteiger partial charge in [-0.1, -0.05) is 6.07 Å². The number of nitrogens with zero attached hydrogens (tertiary/aromatic N) is 2. The fourth-order valence-electron chi connectivity index (χ4n) is 2.59. The van der Waals surface area contributed by atoms with Gasteiger partial charge in [-0.05, 0) is 51.0 Å². The Bertz CT molecular complexity index is 749. The van der Waals surface area contributed by atoms with Crippen molar-refractivity contribution in [3.8, 4) is 0 Å². The molecule has 0 aliphatic heterocycles. The van der Waals surface area contributed by atoms with E-state index < -0.39 is 5.91 Å². The minimum absolute atomic E-state index is 0.0543. The van der Waals surface area contributed by atoms with E-state index in [0.29, 0.717) is 17.5 Å². The molecule has 6 nitrogen and oxygen atoms in total. The van der Waals surface area contributed by atoms with Crippen LogP contribution in [0.1, 0.15) is 44.6 Å². The maximum atomic E-state index is 12.3. The van der Waals surface area contributed by atoms with Crippen LogP contribution in [-0.4, -0.2) is 27.6 Å². The van der Waals surface area contributed by atoms with Crippen LogP contribution in [0.25, 0.3) is 0 Å². The molecule has 1 aromatic heterocycles. The molecule has 0 saturated carbocycles. The first kappa shape index (κ1) is 16.7. The summed E-state index contributed by atoms with van der Waals surface area (Å²) in [6, 6.07) is 6.35. The Morgan fingerprint density at radius 2 is 1.96 bits per heavy atom. The van der Waals surface area contributed by atoms with Gasteiger partial charge < -0.3 is 11.1 Å². The van der Waals surface area contributed by atoms with E-state index >= 15 is 0 Å². The van der Waals surface area contributed by atoms with Gasteiger partial charge in [-0.25, -0.2) is 0 Å². The van der Waals surface area contributed by atoms with Gasteiger partial charge in [0.15, 0.2) is 0 Å². The monoisotopic (exact) mass is 314 g/mol. The Balaban J connectivity index is 2.08. The summed E-state index contributed by atoms with van der Waals surface area (Å²) < 4.78 is 1.84. The van der Waals surface area contributed by atoms with Crippen molar-refractivity contribution in [1.82, 2.24) is 15.1 Å². The predicted octanol–water partition coefficient (Wildman–Crippen LogP) is 1.50. The van der Waals surface area contributed by atoms with Crippen molar-refractivity contribution >= 4 is 11.8 Å².